The molecule has 150 valence electrons. The van der Waals surface area contributed by atoms with Gasteiger partial charge in [0.25, 0.3) is 0 Å². The fourth-order valence-electron chi connectivity index (χ4n) is 2.84. The van der Waals surface area contributed by atoms with Crippen LogP contribution in [0, 0.1) is 0 Å². The molecule has 0 saturated heterocycles. The minimum absolute atomic E-state index is 0.0806. The number of likely N-dealkylation sites (N-methyl/N-ethyl adjacent to an activating group) is 1. The summed E-state index contributed by atoms with van der Waals surface area (Å²) in [6, 6.07) is 12.9. The van der Waals surface area contributed by atoms with Crippen molar-refractivity contribution in [1.29, 1.82) is 0 Å². The molecule has 2 aromatic rings. The smallest absolute Gasteiger partial charge is 0.238 e. The number of hydrogen-bond donors (Lipinski definition) is 1. The maximum atomic E-state index is 12.4. The highest BCUT2D eigenvalue weighted by molar-refractivity contribution is 5.92. The third-order valence-corrected chi connectivity index (χ3v) is 4.38. The summed E-state index contributed by atoms with van der Waals surface area (Å²) < 4.78 is 21.9. The Kier molecular flexibility index (Phi) is 6.97. The van der Waals surface area contributed by atoms with E-state index >= 15 is 0 Å². The topological polar surface area (TPSA) is 69.3 Å². The Morgan fingerprint density at radius 3 is 2.50 bits per heavy atom. The molecule has 0 saturated carbocycles. The molecule has 0 unspecified atom stereocenters. The van der Waals surface area contributed by atoms with Crippen molar-refractivity contribution >= 4 is 11.6 Å². The second kappa shape index (κ2) is 9.85. The summed E-state index contributed by atoms with van der Waals surface area (Å²) in [6.45, 7) is 5.27. The number of amides is 1. The van der Waals surface area contributed by atoms with Crippen LogP contribution in [-0.2, 0) is 4.79 Å². The number of ether oxygens (including phenoxy) is 4. The van der Waals surface area contributed by atoms with E-state index in [2.05, 4.69) is 5.32 Å². The number of rotatable bonds is 9. The van der Waals surface area contributed by atoms with E-state index in [-0.39, 0.29) is 12.5 Å². The Morgan fingerprint density at radius 1 is 1.07 bits per heavy atom. The molecule has 1 amide bonds. The number of hydrogen-bond acceptors (Lipinski definition) is 6. The van der Waals surface area contributed by atoms with Gasteiger partial charge >= 0.3 is 0 Å². The number of carbonyl (C=O) groups excluding carboxylic acids is 1. The number of nitrogens with one attached hydrogen (secondary N) is 1. The number of nitrogens with zero attached hydrogens (tertiary/aromatic N) is 1. The van der Waals surface area contributed by atoms with Gasteiger partial charge in [-0.15, -0.1) is 0 Å². The molecular weight excluding hydrogens is 360 g/mol. The third-order valence-electron chi connectivity index (χ3n) is 4.38. The SMILES string of the molecule is CCN(CCOc1ccc(OC)cc1)CC(=O)Nc1ccc2c(c1)OCCO2. The van der Waals surface area contributed by atoms with E-state index in [0.717, 1.165) is 18.0 Å². The second-order valence-corrected chi connectivity index (χ2v) is 6.30. The second-order valence-electron chi connectivity index (χ2n) is 6.30. The lowest BCUT2D eigenvalue weighted by Crippen LogP contribution is -2.35. The van der Waals surface area contributed by atoms with E-state index in [0.29, 0.717) is 43.6 Å². The molecular formula is C21H26N2O5. The fourth-order valence-corrected chi connectivity index (χ4v) is 2.84. The normalized spacial score (nSPS) is 12.5. The van der Waals surface area contributed by atoms with Gasteiger partial charge < -0.3 is 24.3 Å². The van der Waals surface area contributed by atoms with Gasteiger partial charge in [-0.2, -0.15) is 0 Å². The standard InChI is InChI=1S/C21H26N2O5/c1-3-23(10-11-26-18-7-5-17(25-2)6-8-18)15-21(24)22-16-4-9-19-20(14-16)28-13-12-27-19/h4-9,14H,3,10-13,15H2,1-2H3,(H,22,24). The van der Waals surface area contributed by atoms with Gasteiger partial charge in [0, 0.05) is 18.3 Å². The Bertz CT molecular complexity index is 779. The molecule has 0 aliphatic carbocycles. The zero-order valence-electron chi connectivity index (χ0n) is 16.3. The van der Waals surface area contributed by atoms with Crippen molar-refractivity contribution in [2.75, 3.05) is 51.9 Å². The first-order chi connectivity index (χ1) is 13.7. The lowest BCUT2D eigenvalue weighted by atomic mass is 10.2. The van der Waals surface area contributed by atoms with Crippen LogP contribution >= 0.6 is 0 Å². The fraction of sp³-hybridized carbons (Fsp3) is 0.381. The average Bonchev–Trinajstić information content (AvgIpc) is 2.73. The molecule has 1 aliphatic heterocycles. The summed E-state index contributed by atoms with van der Waals surface area (Å²) in [5, 5.41) is 2.91. The zero-order valence-corrected chi connectivity index (χ0v) is 16.3. The van der Waals surface area contributed by atoms with Crippen LogP contribution in [0.25, 0.3) is 0 Å². The van der Waals surface area contributed by atoms with Crippen LogP contribution in [0.15, 0.2) is 42.5 Å². The minimum atomic E-state index is -0.0806. The van der Waals surface area contributed by atoms with Crippen molar-refractivity contribution in [2.24, 2.45) is 0 Å². The van der Waals surface area contributed by atoms with Crippen LogP contribution < -0.4 is 24.3 Å². The van der Waals surface area contributed by atoms with E-state index in [9.17, 15) is 4.79 Å². The van der Waals surface area contributed by atoms with Gasteiger partial charge in [-0.3, -0.25) is 9.69 Å². The van der Waals surface area contributed by atoms with Crippen LogP contribution in [0.1, 0.15) is 6.92 Å². The first-order valence-electron chi connectivity index (χ1n) is 9.36. The number of benzene rings is 2. The molecule has 1 aliphatic rings. The lowest BCUT2D eigenvalue weighted by molar-refractivity contribution is -0.117. The molecule has 0 bridgehead atoms. The van der Waals surface area contributed by atoms with Gasteiger partial charge in [-0.25, -0.2) is 0 Å². The van der Waals surface area contributed by atoms with Crippen LogP contribution in [0.2, 0.25) is 0 Å². The molecule has 28 heavy (non-hydrogen) atoms. The van der Waals surface area contributed by atoms with Gasteiger partial charge in [0.1, 0.15) is 31.3 Å². The Balaban J connectivity index is 1.45. The molecule has 3 rings (SSSR count). The molecule has 1 heterocycles. The van der Waals surface area contributed by atoms with Crippen molar-refractivity contribution in [3.05, 3.63) is 42.5 Å². The maximum Gasteiger partial charge on any atom is 0.238 e. The van der Waals surface area contributed by atoms with Crippen molar-refractivity contribution < 1.29 is 23.7 Å². The highest BCUT2D eigenvalue weighted by Gasteiger charge is 2.14. The van der Waals surface area contributed by atoms with E-state index in [1.54, 1.807) is 13.2 Å². The molecule has 0 fully saturated rings. The highest BCUT2D eigenvalue weighted by atomic mass is 16.6. The van der Waals surface area contributed by atoms with Crippen LogP contribution in [0.3, 0.4) is 0 Å². The van der Waals surface area contributed by atoms with Gasteiger partial charge in [-0.1, -0.05) is 6.92 Å². The Morgan fingerprint density at radius 2 is 1.79 bits per heavy atom. The predicted molar refractivity (Wildman–Crippen MR) is 107 cm³/mol. The van der Waals surface area contributed by atoms with Crippen molar-refractivity contribution in [3.63, 3.8) is 0 Å². The molecule has 0 atom stereocenters. The van der Waals surface area contributed by atoms with E-state index in [4.69, 9.17) is 18.9 Å². The zero-order chi connectivity index (χ0) is 19.8. The number of carbonyl (C=O) groups is 1. The predicted octanol–water partition coefficient (Wildman–Crippen LogP) is 2.81. The highest BCUT2D eigenvalue weighted by Crippen LogP contribution is 2.32. The quantitative estimate of drug-likeness (QED) is 0.715. The summed E-state index contributed by atoms with van der Waals surface area (Å²) in [7, 11) is 1.63. The van der Waals surface area contributed by atoms with E-state index in [1.165, 1.54) is 0 Å². The summed E-state index contributed by atoms with van der Waals surface area (Å²) in [5.74, 6) is 2.85. The van der Waals surface area contributed by atoms with Crippen molar-refractivity contribution in [2.45, 2.75) is 6.92 Å². The molecule has 0 spiro atoms. The number of fused-ring (bicyclic) bond motifs is 1. The lowest BCUT2D eigenvalue weighted by Gasteiger charge is -2.21. The number of methoxy groups -OCH3 is 1. The molecule has 1 N–H and O–H groups in total. The van der Waals surface area contributed by atoms with Crippen LogP contribution in [-0.4, -0.2) is 57.4 Å². The summed E-state index contributed by atoms with van der Waals surface area (Å²) in [5.41, 5.74) is 0.694. The van der Waals surface area contributed by atoms with Crippen LogP contribution in [0.5, 0.6) is 23.0 Å². The first kappa shape index (κ1) is 19.8. The summed E-state index contributed by atoms with van der Waals surface area (Å²) in [6.07, 6.45) is 0. The molecule has 7 nitrogen and oxygen atoms in total. The maximum absolute atomic E-state index is 12.4. The molecule has 7 heteroatoms. The Labute approximate surface area is 165 Å². The van der Waals surface area contributed by atoms with Gasteiger partial charge in [0.2, 0.25) is 5.91 Å². The average molecular weight is 386 g/mol. The monoisotopic (exact) mass is 386 g/mol. The largest absolute Gasteiger partial charge is 0.497 e. The summed E-state index contributed by atoms with van der Waals surface area (Å²) >= 11 is 0. The summed E-state index contributed by atoms with van der Waals surface area (Å²) in [4.78, 5) is 14.4. The first-order valence-corrected chi connectivity index (χ1v) is 9.36. The van der Waals surface area contributed by atoms with Crippen LogP contribution in [0.4, 0.5) is 5.69 Å². The van der Waals surface area contributed by atoms with Gasteiger partial charge in [-0.05, 0) is 42.9 Å². The third kappa shape index (κ3) is 5.53. The molecule has 2 aromatic carbocycles. The molecule has 0 radical (unpaired) electrons. The minimum Gasteiger partial charge on any atom is -0.497 e. The molecule has 0 aromatic heterocycles. The van der Waals surface area contributed by atoms with E-state index < -0.39 is 0 Å². The Hall–Kier alpha value is -2.93. The van der Waals surface area contributed by atoms with E-state index in [1.807, 2.05) is 48.2 Å². The van der Waals surface area contributed by atoms with Crippen molar-refractivity contribution in [3.8, 4) is 23.0 Å². The number of anilines is 1. The van der Waals surface area contributed by atoms with Gasteiger partial charge in [0.15, 0.2) is 11.5 Å². The van der Waals surface area contributed by atoms with Crippen molar-refractivity contribution in [1.82, 2.24) is 4.90 Å². The van der Waals surface area contributed by atoms with Gasteiger partial charge in [0.05, 0.1) is 13.7 Å².